The lowest BCUT2D eigenvalue weighted by Crippen LogP contribution is -2.63. The van der Waals surface area contributed by atoms with E-state index < -0.39 is 63.4 Å². The molecule has 1 saturated heterocycles. The highest BCUT2D eigenvalue weighted by molar-refractivity contribution is 7.92. The summed E-state index contributed by atoms with van der Waals surface area (Å²) < 4.78 is 99.1. The number of carbonyl (C=O) groups is 1. The molecular weight excluding hydrogens is 466 g/mol. The molecule has 3 heterocycles. The number of nitrogens with zero attached hydrogens (tertiary/aromatic N) is 2. The van der Waals surface area contributed by atoms with Crippen molar-refractivity contribution in [3.8, 4) is 0 Å². The molecule has 0 aliphatic carbocycles. The monoisotopic (exact) mass is 482 g/mol. The third kappa shape index (κ3) is 3.74. The molecule has 2 unspecified atom stereocenters. The summed E-state index contributed by atoms with van der Waals surface area (Å²) in [6.45, 7) is 0.727. The molecule has 0 saturated carbocycles. The van der Waals surface area contributed by atoms with Crippen LogP contribution in [0.25, 0.3) is 0 Å². The summed E-state index contributed by atoms with van der Waals surface area (Å²) in [6.07, 6.45) is -4.07. The number of aromatic nitrogens is 2. The van der Waals surface area contributed by atoms with E-state index in [1.165, 1.54) is 0 Å². The second kappa shape index (κ2) is 7.93. The first-order chi connectivity index (χ1) is 14.9. The van der Waals surface area contributed by atoms with Crippen LogP contribution in [0.3, 0.4) is 0 Å². The van der Waals surface area contributed by atoms with Crippen LogP contribution < -0.4 is 5.73 Å². The Kier molecular flexibility index (Phi) is 5.68. The molecule has 7 nitrogen and oxygen atoms in total. The van der Waals surface area contributed by atoms with Gasteiger partial charge in [-0.15, -0.1) is 0 Å². The van der Waals surface area contributed by atoms with Crippen LogP contribution in [0.5, 0.6) is 0 Å². The molecule has 0 radical (unpaired) electrons. The fourth-order valence-electron chi connectivity index (χ4n) is 4.09. The van der Waals surface area contributed by atoms with Gasteiger partial charge >= 0.3 is 17.1 Å². The molecular formula is C18H16F6N4O3S. The fourth-order valence-corrected chi connectivity index (χ4v) is 6.03. The van der Waals surface area contributed by atoms with Gasteiger partial charge in [0.1, 0.15) is 17.6 Å². The van der Waals surface area contributed by atoms with Gasteiger partial charge < -0.3 is 15.0 Å². The Morgan fingerprint density at radius 3 is 2.66 bits per heavy atom. The number of aromatic amines is 1. The van der Waals surface area contributed by atoms with Crippen LogP contribution in [-0.4, -0.2) is 49.6 Å². The van der Waals surface area contributed by atoms with Gasteiger partial charge in [-0.1, -0.05) is 0 Å². The number of halogens is 6. The normalized spacial score (nSPS) is 28.6. The number of nitrogens with one attached hydrogen (secondary N) is 1. The zero-order valence-corrected chi connectivity index (χ0v) is 16.9. The molecule has 32 heavy (non-hydrogen) atoms. The highest BCUT2D eigenvalue weighted by Gasteiger charge is 2.62. The van der Waals surface area contributed by atoms with Crippen molar-refractivity contribution in [1.82, 2.24) is 15.1 Å². The van der Waals surface area contributed by atoms with Gasteiger partial charge in [0.25, 0.3) is 0 Å². The van der Waals surface area contributed by atoms with Crippen molar-refractivity contribution >= 4 is 17.1 Å². The molecule has 0 bridgehead atoms. The van der Waals surface area contributed by atoms with Crippen molar-refractivity contribution in [2.24, 2.45) is 5.73 Å². The number of ether oxygens (including phenoxy) is 1. The maximum atomic E-state index is 14.6. The van der Waals surface area contributed by atoms with Gasteiger partial charge in [0.2, 0.25) is 0 Å². The maximum Gasteiger partial charge on any atom is 0.491 e. The maximum absolute atomic E-state index is 14.6. The number of rotatable bonds is 3. The van der Waals surface area contributed by atoms with E-state index in [1.807, 2.05) is 4.90 Å². The third-order valence-electron chi connectivity index (χ3n) is 5.59. The lowest BCUT2D eigenvalue weighted by atomic mass is 9.94. The minimum Gasteiger partial charge on any atom is -0.613 e. The average Bonchev–Trinajstić information content (AvgIpc) is 3.28. The summed E-state index contributed by atoms with van der Waals surface area (Å²) in [6, 6.07) is -1.73. The zero-order valence-electron chi connectivity index (χ0n) is 16.1. The number of hydrogen-bond donors (Lipinski definition) is 2. The van der Waals surface area contributed by atoms with Gasteiger partial charge in [-0.3, -0.25) is 10.00 Å². The summed E-state index contributed by atoms with van der Waals surface area (Å²) in [5.74, 6) is -8.10. The van der Waals surface area contributed by atoms with Gasteiger partial charge in [-0.2, -0.15) is 18.3 Å². The van der Waals surface area contributed by atoms with E-state index in [4.69, 9.17) is 5.73 Å². The molecule has 0 amide bonds. The molecule has 174 valence electrons. The van der Waals surface area contributed by atoms with Crippen molar-refractivity contribution in [1.29, 1.82) is 0 Å². The van der Waals surface area contributed by atoms with Crippen molar-refractivity contribution < 1.29 is 40.4 Å². The van der Waals surface area contributed by atoms with Gasteiger partial charge in [0, 0.05) is 42.1 Å². The molecule has 1 aromatic heterocycles. The number of H-pyrrole nitrogens is 1. The van der Waals surface area contributed by atoms with E-state index >= 15 is 0 Å². The lowest BCUT2D eigenvalue weighted by Gasteiger charge is -2.46. The molecule has 4 rings (SSSR count). The predicted octanol–water partition coefficient (Wildman–Crippen LogP) is 1.95. The van der Waals surface area contributed by atoms with E-state index in [1.54, 1.807) is 6.20 Å². The van der Waals surface area contributed by atoms with Gasteiger partial charge in [0.05, 0.1) is 17.3 Å². The Labute approximate surface area is 180 Å². The molecule has 14 heteroatoms. The minimum absolute atomic E-state index is 0.156. The summed E-state index contributed by atoms with van der Waals surface area (Å²) in [5.41, 5.74) is 6.48. The van der Waals surface area contributed by atoms with E-state index in [0.717, 1.165) is 11.3 Å². The third-order valence-corrected chi connectivity index (χ3v) is 7.56. The van der Waals surface area contributed by atoms with Gasteiger partial charge in [-0.05, 0) is 12.5 Å². The molecule has 0 spiro atoms. The summed E-state index contributed by atoms with van der Waals surface area (Å²) in [5, 5.41) is 6.74. The van der Waals surface area contributed by atoms with Crippen LogP contribution in [0.4, 0.5) is 26.3 Å². The van der Waals surface area contributed by atoms with Gasteiger partial charge in [0.15, 0.2) is 11.6 Å². The average molecular weight is 482 g/mol. The topological polar surface area (TPSA) is 107 Å². The minimum atomic E-state index is -5.54. The van der Waals surface area contributed by atoms with Crippen molar-refractivity contribution in [3.63, 3.8) is 0 Å². The van der Waals surface area contributed by atoms with E-state index in [9.17, 15) is 35.7 Å². The summed E-state index contributed by atoms with van der Waals surface area (Å²) in [7, 11) is 0. The van der Waals surface area contributed by atoms with Crippen LogP contribution >= 0.6 is 0 Å². The quantitative estimate of drug-likeness (QED) is 0.300. The number of fused-ring (bicyclic) bond motifs is 1. The number of hydrogen-bond acceptors (Lipinski definition) is 6. The van der Waals surface area contributed by atoms with E-state index in [-0.39, 0.29) is 18.2 Å². The number of esters is 1. The zero-order chi connectivity index (χ0) is 23.4. The first-order valence-corrected chi connectivity index (χ1v) is 10.6. The SMILES string of the molecule is N[C@H]1C[C@@H](N2Cc3c[nH]nc3C2)C[S+]([O-])C1(OC(=O)C(F)(F)F)c1cc(F)cc(F)c1F. The van der Waals surface area contributed by atoms with Crippen LogP contribution in [0.15, 0.2) is 18.3 Å². The Morgan fingerprint density at radius 1 is 1.31 bits per heavy atom. The van der Waals surface area contributed by atoms with E-state index in [2.05, 4.69) is 14.9 Å². The summed E-state index contributed by atoms with van der Waals surface area (Å²) >= 11 is -2.59. The Bertz CT molecular complexity index is 1020. The first kappa shape index (κ1) is 22.9. The Morgan fingerprint density at radius 2 is 2.03 bits per heavy atom. The smallest absolute Gasteiger partial charge is 0.491 e. The number of carbonyl (C=O) groups excluding carboxylic acids is 1. The number of benzene rings is 1. The number of alkyl halides is 3. The lowest BCUT2D eigenvalue weighted by molar-refractivity contribution is -0.210. The van der Waals surface area contributed by atoms with Crippen molar-refractivity contribution in [2.45, 2.75) is 42.7 Å². The molecule has 3 N–H and O–H groups in total. The molecule has 1 fully saturated rings. The second-order valence-corrected chi connectivity index (χ2v) is 9.21. The predicted molar refractivity (Wildman–Crippen MR) is 97.4 cm³/mol. The molecule has 1 aromatic carbocycles. The molecule has 2 aliphatic rings. The molecule has 2 aromatic rings. The van der Waals surface area contributed by atoms with Crippen molar-refractivity contribution in [2.75, 3.05) is 5.75 Å². The van der Waals surface area contributed by atoms with E-state index in [0.29, 0.717) is 19.2 Å². The first-order valence-electron chi connectivity index (χ1n) is 9.28. The van der Waals surface area contributed by atoms with Crippen LogP contribution in [-0.2, 0) is 38.7 Å². The van der Waals surface area contributed by atoms with Crippen LogP contribution in [0, 0.1) is 17.5 Å². The standard InChI is InChI=1S/C18H16F6N4O3S/c19-9-1-11(15(21)12(20)2-9)17(31-16(29)18(22,23)24)14(25)3-10(7-32(17)30)28-5-8-4-26-27-13(8)6-28/h1-2,4,10,14H,3,5-7,25H2,(H,26,27)/t10-,14+,17?,32?/m1/s1. The molecule has 2 aliphatic heterocycles. The summed E-state index contributed by atoms with van der Waals surface area (Å²) in [4.78, 5) is 10.5. The van der Waals surface area contributed by atoms with Crippen LogP contribution in [0.1, 0.15) is 23.2 Å². The van der Waals surface area contributed by atoms with Crippen LogP contribution in [0.2, 0.25) is 0 Å². The highest BCUT2D eigenvalue weighted by Crippen LogP contribution is 2.45. The van der Waals surface area contributed by atoms with Crippen molar-refractivity contribution in [3.05, 3.63) is 52.6 Å². The number of nitrogens with two attached hydrogens (primary N) is 1. The fraction of sp³-hybridized carbons (Fsp3) is 0.444. The Hall–Kier alpha value is -2.29. The van der Waals surface area contributed by atoms with Gasteiger partial charge in [-0.25, -0.2) is 18.0 Å². The highest BCUT2D eigenvalue weighted by atomic mass is 32.2. The molecule has 4 atom stereocenters. The largest absolute Gasteiger partial charge is 0.613 e. The Balaban J connectivity index is 1.72. The second-order valence-electron chi connectivity index (χ2n) is 7.57.